The van der Waals surface area contributed by atoms with Gasteiger partial charge in [-0.05, 0) is 19.0 Å². The maximum atomic E-state index is 10.9. The summed E-state index contributed by atoms with van der Waals surface area (Å²) in [6.07, 6.45) is 0. The minimum Gasteiger partial charge on any atom is -0.338 e. The van der Waals surface area contributed by atoms with Crippen LogP contribution in [0, 0.1) is 17.0 Å². The Kier molecular flexibility index (Phi) is 5.38. The Balaban J connectivity index is 1.72. The number of rotatable bonds is 7. The second-order valence-corrected chi connectivity index (χ2v) is 6.11. The second kappa shape index (κ2) is 7.88. The van der Waals surface area contributed by atoms with Crippen molar-refractivity contribution in [3.05, 3.63) is 75.7 Å². The molecule has 1 aromatic heterocycles. The van der Waals surface area contributed by atoms with Crippen LogP contribution in [-0.4, -0.2) is 26.5 Å². The van der Waals surface area contributed by atoms with Gasteiger partial charge in [0.2, 0.25) is 11.7 Å². The van der Waals surface area contributed by atoms with Crippen molar-refractivity contribution < 1.29 is 9.45 Å². The number of hydrogen-bond donors (Lipinski definition) is 0. The van der Waals surface area contributed by atoms with Gasteiger partial charge in [0.15, 0.2) is 0 Å². The molecule has 0 saturated carbocycles. The molecule has 26 heavy (non-hydrogen) atoms. The number of aromatic nitrogens is 2. The summed E-state index contributed by atoms with van der Waals surface area (Å²) in [7, 11) is 0. The molecule has 134 valence electrons. The van der Waals surface area contributed by atoms with Crippen LogP contribution in [-0.2, 0) is 13.1 Å². The van der Waals surface area contributed by atoms with E-state index in [-0.39, 0.29) is 5.69 Å². The van der Waals surface area contributed by atoms with Crippen LogP contribution in [0.1, 0.15) is 23.9 Å². The first-order valence-electron chi connectivity index (χ1n) is 8.40. The summed E-state index contributed by atoms with van der Waals surface area (Å²) in [5.41, 5.74) is 3.02. The SMILES string of the molecule is CCN(Cc1cccc(C)c1)Cc1nc(-c2cccc([N+](=O)[O-])c2)no1. The van der Waals surface area contributed by atoms with Crippen LogP contribution in [0.2, 0.25) is 0 Å². The Labute approximate surface area is 151 Å². The molecule has 0 N–H and O–H groups in total. The average Bonchev–Trinajstić information content (AvgIpc) is 3.10. The molecule has 7 heteroatoms. The Morgan fingerprint density at radius 2 is 1.96 bits per heavy atom. The minimum atomic E-state index is -0.439. The number of nitro benzene ring substituents is 1. The Hall–Kier alpha value is -3.06. The molecule has 3 aromatic rings. The highest BCUT2D eigenvalue weighted by molar-refractivity contribution is 5.58. The molecule has 0 radical (unpaired) electrons. The van der Waals surface area contributed by atoms with Crippen LogP contribution in [0.15, 0.2) is 53.1 Å². The lowest BCUT2D eigenvalue weighted by atomic mass is 10.1. The van der Waals surface area contributed by atoms with Gasteiger partial charge in [0, 0.05) is 24.2 Å². The van der Waals surface area contributed by atoms with Crippen molar-refractivity contribution in [2.24, 2.45) is 0 Å². The normalized spacial score (nSPS) is 11.0. The van der Waals surface area contributed by atoms with Gasteiger partial charge in [-0.25, -0.2) is 0 Å². The maximum Gasteiger partial charge on any atom is 0.270 e. The monoisotopic (exact) mass is 352 g/mol. The van der Waals surface area contributed by atoms with Crippen molar-refractivity contribution in [1.82, 2.24) is 15.0 Å². The average molecular weight is 352 g/mol. The van der Waals surface area contributed by atoms with E-state index >= 15 is 0 Å². The third-order valence-corrected chi connectivity index (χ3v) is 4.08. The molecule has 0 spiro atoms. The van der Waals surface area contributed by atoms with Gasteiger partial charge in [0.05, 0.1) is 11.5 Å². The Bertz CT molecular complexity index is 907. The van der Waals surface area contributed by atoms with Crippen molar-refractivity contribution in [3.63, 3.8) is 0 Å². The molecule has 0 aliphatic carbocycles. The molecule has 0 unspecified atom stereocenters. The van der Waals surface area contributed by atoms with E-state index < -0.39 is 4.92 Å². The van der Waals surface area contributed by atoms with Gasteiger partial charge >= 0.3 is 0 Å². The zero-order valence-electron chi connectivity index (χ0n) is 14.8. The van der Waals surface area contributed by atoms with E-state index in [0.29, 0.717) is 23.8 Å². The van der Waals surface area contributed by atoms with E-state index in [9.17, 15) is 10.1 Å². The van der Waals surface area contributed by atoms with Gasteiger partial charge in [-0.1, -0.05) is 54.0 Å². The molecule has 2 aromatic carbocycles. The first-order chi connectivity index (χ1) is 12.5. The highest BCUT2D eigenvalue weighted by Crippen LogP contribution is 2.22. The summed E-state index contributed by atoms with van der Waals surface area (Å²) >= 11 is 0. The van der Waals surface area contributed by atoms with E-state index in [0.717, 1.165) is 13.1 Å². The number of hydrogen-bond acceptors (Lipinski definition) is 6. The smallest absolute Gasteiger partial charge is 0.270 e. The summed E-state index contributed by atoms with van der Waals surface area (Å²) in [5, 5.41) is 14.9. The zero-order chi connectivity index (χ0) is 18.5. The van der Waals surface area contributed by atoms with Crippen LogP contribution in [0.3, 0.4) is 0 Å². The molecular weight excluding hydrogens is 332 g/mol. The van der Waals surface area contributed by atoms with Crippen LogP contribution in [0.4, 0.5) is 5.69 Å². The van der Waals surface area contributed by atoms with Crippen molar-refractivity contribution in [3.8, 4) is 11.4 Å². The van der Waals surface area contributed by atoms with E-state index in [1.54, 1.807) is 12.1 Å². The molecule has 0 atom stereocenters. The number of aryl methyl sites for hydroxylation is 1. The first-order valence-corrected chi connectivity index (χ1v) is 8.40. The zero-order valence-corrected chi connectivity index (χ0v) is 14.8. The largest absolute Gasteiger partial charge is 0.338 e. The third-order valence-electron chi connectivity index (χ3n) is 4.08. The Morgan fingerprint density at radius 3 is 2.69 bits per heavy atom. The molecule has 0 bridgehead atoms. The number of benzene rings is 2. The van der Waals surface area contributed by atoms with Gasteiger partial charge in [0.25, 0.3) is 5.69 Å². The molecule has 0 aliphatic heterocycles. The van der Waals surface area contributed by atoms with Crippen molar-refractivity contribution in [2.75, 3.05) is 6.54 Å². The van der Waals surface area contributed by atoms with Gasteiger partial charge in [-0.3, -0.25) is 15.0 Å². The molecule has 1 heterocycles. The molecule has 7 nitrogen and oxygen atoms in total. The minimum absolute atomic E-state index is 0.00322. The number of non-ortho nitro benzene ring substituents is 1. The van der Waals surface area contributed by atoms with Crippen molar-refractivity contribution in [2.45, 2.75) is 26.9 Å². The van der Waals surface area contributed by atoms with Gasteiger partial charge in [-0.15, -0.1) is 0 Å². The summed E-state index contributed by atoms with van der Waals surface area (Å²) in [5.74, 6) is 0.844. The molecule has 0 fully saturated rings. The molecule has 0 saturated heterocycles. The lowest BCUT2D eigenvalue weighted by Crippen LogP contribution is -2.22. The molecule has 0 aliphatic rings. The predicted octanol–water partition coefficient (Wildman–Crippen LogP) is 3.98. The summed E-state index contributed by atoms with van der Waals surface area (Å²) in [6, 6.07) is 14.6. The summed E-state index contributed by atoms with van der Waals surface area (Å²) in [4.78, 5) is 17.0. The van der Waals surface area contributed by atoms with Crippen LogP contribution in [0.25, 0.3) is 11.4 Å². The third kappa shape index (κ3) is 4.31. The van der Waals surface area contributed by atoms with Crippen molar-refractivity contribution >= 4 is 5.69 Å². The first kappa shape index (κ1) is 17.8. The summed E-state index contributed by atoms with van der Waals surface area (Å²) < 4.78 is 5.34. The highest BCUT2D eigenvalue weighted by Gasteiger charge is 2.15. The van der Waals surface area contributed by atoms with E-state index in [1.807, 2.05) is 6.07 Å². The highest BCUT2D eigenvalue weighted by atomic mass is 16.6. The molecule has 0 amide bonds. The van der Waals surface area contributed by atoms with Crippen LogP contribution >= 0.6 is 0 Å². The fourth-order valence-electron chi connectivity index (χ4n) is 2.73. The van der Waals surface area contributed by atoms with Crippen LogP contribution < -0.4 is 0 Å². The van der Waals surface area contributed by atoms with Gasteiger partial charge in [0.1, 0.15) is 0 Å². The van der Waals surface area contributed by atoms with E-state index in [4.69, 9.17) is 4.52 Å². The fourth-order valence-corrected chi connectivity index (χ4v) is 2.73. The quantitative estimate of drug-likeness (QED) is 0.472. The topological polar surface area (TPSA) is 85.3 Å². The Morgan fingerprint density at radius 1 is 1.15 bits per heavy atom. The lowest BCUT2D eigenvalue weighted by Gasteiger charge is -2.18. The van der Waals surface area contributed by atoms with Crippen LogP contribution in [0.5, 0.6) is 0 Å². The summed E-state index contributed by atoms with van der Waals surface area (Å²) in [6.45, 7) is 6.29. The predicted molar refractivity (Wildman–Crippen MR) is 97.4 cm³/mol. The van der Waals surface area contributed by atoms with Gasteiger partial charge < -0.3 is 4.52 Å². The van der Waals surface area contributed by atoms with Gasteiger partial charge in [-0.2, -0.15) is 4.98 Å². The van der Waals surface area contributed by atoms with E-state index in [1.165, 1.54) is 23.3 Å². The second-order valence-electron chi connectivity index (χ2n) is 6.11. The maximum absolute atomic E-state index is 10.9. The van der Waals surface area contributed by atoms with Crippen molar-refractivity contribution in [1.29, 1.82) is 0 Å². The lowest BCUT2D eigenvalue weighted by molar-refractivity contribution is -0.384. The standard InChI is InChI=1S/C19H20N4O3/c1-3-22(12-15-7-4-6-14(2)10-15)13-18-20-19(21-26-18)16-8-5-9-17(11-16)23(24)25/h4-11H,3,12-13H2,1-2H3. The fraction of sp³-hybridized carbons (Fsp3) is 0.263. The number of nitro groups is 1. The number of nitrogens with zero attached hydrogens (tertiary/aromatic N) is 4. The molecular formula is C19H20N4O3. The van der Waals surface area contributed by atoms with E-state index in [2.05, 4.69) is 47.1 Å². The molecule has 3 rings (SSSR count).